The van der Waals surface area contributed by atoms with E-state index in [1.165, 1.54) is 32.1 Å². The van der Waals surface area contributed by atoms with Crippen molar-refractivity contribution in [3.8, 4) is 0 Å². The van der Waals surface area contributed by atoms with Crippen LogP contribution >= 0.6 is 12.4 Å². The molecule has 76 valence electrons. The average molecular weight is 194 g/mol. The van der Waals surface area contributed by atoms with Crippen LogP contribution in [-0.2, 0) is 0 Å². The van der Waals surface area contributed by atoms with Gasteiger partial charge in [0.25, 0.3) is 0 Å². The monoisotopic (exact) mass is 193 g/mol. The highest BCUT2D eigenvalue weighted by Crippen LogP contribution is 2.09. The molecule has 12 heavy (non-hydrogen) atoms. The summed E-state index contributed by atoms with van der Waals surface area (Å²) in [6.45, 7) is 6.70. The summed E-state index contributed by atoms with van der Waals surface area (Å²) in [5.41, 5.74) is 5.92. The first kappa shape index (κ1) is 14.8. The normalized spacial score (nSPS) is 12.8. The van der Waals surface area contributed by atoms with Crippen LogP contribution in [0.5, 0.6) is 0 Å². The molecule has 0 aromatic carbocycles. The third kappa shape index (κ3) is 10.2. The highest BCUT2D eigenvalue weighted by Gasteiger charge is 2.03. The van der Waals surface area contributed by atoms with Crippen LogP contribution in [-0.4, -0.2) is 6.04 Å². The first-order valence-electron chi connectivity index (χ1n) is 4.92. The Morgan fingerprint density at radius 1 is 1.17 bits per heavy atom. The molecule has 2 N–H and O–H groups in total. The Labute approximate surface area is 83.5 Å². The molecular formula is C10H24ClN. The maximum atomic E-state index is 5.92. The van der Waals surface area contributed by atoms with E-state index in [0.29, 0.717) is 6.04 Å². The fourth-order valence-corrected chi connectivity index (χ4v) is 1.38. The van der Waals surface area contributed by atoms with Gasteiger partial charge in [-0.05, 0) is 18.8 Å². The lowest BCUT2D eigenvalue weighted by Gasteiger charge is -2.12. The van der Waals surface area contributed by atoms with Gasteiger partial charge in [0.2, 0.25) is 0 Å². The summed E-state index contributed by atoms with van der Waals surface area (Å²) in [6.07, 6.45) is 6.35. The summed E-state index contributed by atoms with van der Waals surface area (Å²) in [5, 5.41) is 0. The van der Waals surface area contributed by atoms with Gasteiger partial charge < -0.3 is 5.73 Å². The number of unbranched alkanes of at least 4 members (excludes halogenated alkanes) is 2. The summed E-state index contributed by atoms with van der Waals surface area (Å²) in [4.78, 5) is 0. The molecule has 0 aliphatic rings. The molecule has 2 heteroatoms. The molecule has 0 saturated heterocycles. The summed E-state index contributed by atoms with van der Waals surface area (Å²) in [5.74, 6) is 0.756. The largest absolute Gasteiger partial charge is 0.328 e. The minimum absolute atomic E-state index is 0. The Hall–Kier alpha value is 0.250. The van der Waals surface area contributed by atoms with Crippen molar-refractivity contribution >= 4 is 12.4 Å². The van der Waals surface area contributed by atoms with E-state index < -0.39 is 0 Å². The van der Waals surface area contributed by atoms with Crippen molar-refractivity contribution in [1.82, 2.24) is 0 Å². The van der Waals surface area contributed by atoms with Crippen molar-refractivity contribution in [3.63, 3.8) is 0 Å². The second-order valence-electron chi connectivity index (χ2n) is 3.89. The van der Waals surface area contributed by atoms with E-state index in [1.54, 1.807) is 0 Å². The van der Waals surface area contributed by atoms with Crippen LogP contribution in [0.2, 0.25) is 0 Å². The number of rotatable bonds is 6. The summed E-state index contributed by atoms with van der Waals surface area (Å²) in [7, 11) is 0. The van der Waals surface area contributed by atoms with E-state index in [2.05, 4.69) is 20.8 Å². The molecule has 0 aromatic heterocycles. The van der Waals surface area contributed by atoms with E-state index >= 15 is 0 Å². The number of nitrogens with two attached hydrogens (primary N) is 1. The highest BCUT2D eigenvalue weighted by atomic mass is 35.5. The third-order valence-corrected chi connectivity index (χ3v) is 1.95. The minimum atomic E-state index is 0. The van der Waals surface area contributed by atoms with E-state index in [9.17, 15) is 0 Å². The SMILES string of the molecule is CCCCC[C@@H](N)CC(C)C.Cl. The topological polar surface area (TPSA) is 26.0 Å². The molecule has 0 aliphatic heterocycles. The van der Waals surface area contributed by atoms with Crippen LogP contribution in [0.1, 0.15) is 52.9 Å². The van der Waals surface area contributed by atoms with Crippen LogP contribution in [0.25, 0.3) is 0 Å². The van der Waals surface area contributed by atoms with E-state index in [1.807, 2.05) is 0 Å². The van der Waals surface area contributed by atoms with Gasteiger partial charge in [-0.15, -0.1) is 12.4 Å². The van der Waals surface area contributed by atoms with Crippen LogP contribution in [0.3, 0.4) is 0 Å². The minimum Gasteiger partial charge on any atom is -0.328 e. The van der Waals surface area contributed by atoms with Crippen molar-refractivity contribution in [3.05, 3.63) is 0 Å². The van der Waals surface area contributed by atoms with E-state index in [-0.39, 0.29) is 12.4 Å². The molecule has 1 atom stereocenters. The van der Waals surface area contributed by atoms with Gasteiger partial charge in [-0.1, -0.05) is 40.0 Å². The molecule has 1 nitrogen and oxygen atoms in total. The summed E-state index contributed by atoms with van der Waals surface area (Å²) < 4.78 is 0. The molecule has 0 saturated carbocycles. The second kappa shape index (κ2) is 9.34. The molecule has 0 amide bonds. The van der Waals surface area contributed by atoms with Crippen LogP contribution < -0.4 is 5.73 Å². The van der Waals surface area contributed by atoms with Crippen molar-refractivity contribution in [2.45, 2.75) is 58.9 Å². The Morgan fingerprint density at radius 3 is 2.17 bits per heavy atom. The summed E-state index contributed by atoms with van der Waals surface area (Å²) in [6, 6.07) is 0.446. The van der Waals surface area contributed by atoms with Gasteiger partial charge in [0, 0.05) is 6.04 Å². The molecule has 0 radical (unpaired) electrons. The fraction of sp³-hybridized carbons (Fsp3) is 1.00. The summed E-state index contributed by atoms with van der Waals surface area (Å²) >= 11 is 0. The first-order chi connectivity index (χ1) is 5.16. The van der Waals surface area contributed by atoms with Gasteiger partial charge >= 0.3 is 0 Å². The number of hydrogen-bond acceptors (Lipinski definition) is 1. The maximum Gasteiger partial charge on any atom is 0.00412 e. The molecular weight excluding hydrogens is 170 g/mol. The Kier molecular flexibility index (Phi) is 11.5. The lowest BCUT2D eigenvalue weighted by Crippen LogP contribution is -2.21. The van der Waals surface area contributed by atoms with Crippen molar-refractivity contribution in [2.75, 3.05) is 0 Å². The number of hydrogen-bond donors (Lipinski definition) is 1. The molecule has 0 aromatic rings. The van der Waals surface area contributed by atoms with Crippen LogP contribution in [0, 0.1) is 5.92 Å². The standard InChI is InChI=1S/C10H23N.ClH/c1-4-5-6-7-10(11)8-9(2)3;/h9-10H,4-8,11H2,1-3H3;1H/t10-;/m1./s1. The van der Waals surface area contributed by atoms with Gasteiger partial charge in [-0.2, -0.15) is 0 Å². The average Bonchev–Trinajstić information content (AvgIpc) is 1.86. The van der Waals surface area contributed by atoms with Crippen LogP contribution in [0.15, 0.2) is 0 Å². The van der Waals surface area contributed by atoms with Gasteiger partial charge in [0.1, 0.15) is 0 Å². The zero-order chi connectivity index (χ0) is 8.69. The van der Waals surface area contributed by atoms with E-state index in [0.717, 1.165) is 5.92 Å². The zero-order valence-corrected chi connectivity index (χ0v) is 9.49. The molecule has 0 heterocycles. The molecule has 0 bridgehead atoms. The smallest absolute Gasteiger partial charge is 0.00412 e. The molecule has 0 aliphatic carbocycles. The van der Waals surface area contributed by atoms with Gasteiger partial charge in [0.05, 0.1) is 0 Å². The van der Waals surface area contributed by atoms with Gasteiger partial charge in [-0.25, -0.2) is 0 Å². The van der Waals surface area contributed by atoms with Crippen LogP contribution in [0.4, 0.5) is 0 Å². The quantitative estimate of drug-likeness (QED) is 0.644. The lowest BCUT2D eigenvalue weighted by molar-refractivity contribution is 0.456. The lowest BCUT2D eigenvalue weighted by atomic mass is 9.99. The maximum absolute atomic E-state index is 5.92. The molecule has 0 rings (SSSR count). The van der Waals surface area contributed by atoms with Crippen molar-refractivity contribution < 1.29 is 0 Å². The molecule has 0 spiro atoms. The Morgan fingerprint density at radius 2 is 1.75 bits per heavy atom. The zero-order valence-electron chi connectivity index (χ0n) is 8.68. The predicted octanol–water partition coefficient (Wildman–Crippen LogP) is 3.36. The van der Waals surface area contributed by atoms with E-state index in [4.69, 9.17) is 5.73 Å². The Balaban J connectivity index is 0. The second-order valence-corrected chi connectivity index (χ2v) is 3.89. The number of halogens is 1. The first-order valence-corrected chi connectivity index (χ1v) is 4.92. The van der Waals surface area contributed by atoms with Crippen molar-refractivity contribution in [2.24, 2.45) is 11.7 Å². The molecule has 0 fully saturated rings. The highest BCUT2D eigenvalue weighted by molar-refractivity contribution is 5.85. The molecule has 0 unspecified atom stereocenters. The van der Waals surface area contributed by atoms with Gasteiger partial charge in [0.15, 0.2) is 0 Å². The predicted molar refractivity (Wildman–Crippen MR) is 58.8 cm³/mol. The van der Waals surface area contributed by atoms with Gasteiger partial charge in [-0.3, -0.25) is 0 Å². The Bertz CT molecular complexity index is 83.9. The third-order valence-electron chi connectivity index (χ3n) is 1.95. The van der Waals surface area contributed by atoms with Crippen molar-refractivity contribution in [1.29, 1.82) is 0 Å². The fourth-order valence-electron chi connectivity index (χ4n) is 1.38.